The molecule has 1 aromatic heterocycles. The van der Waals surface area contributed by atoms with Crippen molar-refractivity contribution >= 4 is 5.97 Å². The Hall–Kier alpha value is -1.33. The third kappa shape index (κ3) is 3.58. The summed E-state index contributed by atoms with van der Waals surface area (Å²) in [5, 5.41) is 3.34. The van der Waals surface area contributed by atoms with Crippen LogP contribution in [0.15, 0.2) is 16.5 Å². The number of carbonyl (C=O) groups excluding carboxylic acids is 1. The zero-order chi connectivity index (χ0) is 13.9. The van der Waals surface area contributed by atoms with Crippen molar-refractivity contribution in [3.8, 4) is 0 Å². The molecule has 2 unspecified atom stereocenters. The average molecular weight is 267 g/mol. The Morgan fingerprint density at radius 1 is 1.58 bits per heavy atom. The zero-order valence-electron chi connectivity index (χ0n) is 11.7. The summed E-state index contributed by atoms with van der Waals surface area (Å²) in [4.78, 5) is 11.5. The topological polar surface area (TPSA) is 60.7 Å². The van der Waals surface area contributed by atoms with Crippen LogP contribution in [0.2, 0.25) is 0 Å². The summed E-state index contributed by atoms with van der Waals surface area (Å²) < 4.78 is 16.4. The second-order valence-electron chi connectivity index (χ2n) is 5.17. The summed E-state index contributed by atoms with van der Waals surface area (Å²) in [6.07, 6.45) is 0.808. The van der Waals surface area contributed by atoms with Crippen molar-refractivity contribution in [3.05, 3.63) is 23.7 Å². The van der Waals surface area contributed by atoms with Crippen molar-refractivity contribution in [1.29, 1.82) is 0 Å². The van der Waals surface area contributed by atoms with Gasteiger partial charge in [0.2, 0.25) is 5.76 Å². The van der Waals surface area contributed by atoms with Gasteiger partial charge in [0, 0.05) is 19.5 Å². The molecular formula is C14H21NO4. The van der Waals surface area contributed by atoms with Crippen molar-refractivity contribution in [1.82, 2.24) is 5.32 Å². The molecule has 0 spiro atoms. The SMILES string of the molecule is CCOC(=O)c1ccc(CC2(C)CNCC(C)O2)o1. The summed E-state index contributed by atoms with van der Waals surface area (Å²) in [6, 6.07) is 3.45. The van der Waals surface area contributed by atoms with Gasteiger partial charge in [-0.05, 0) is 32.9 Å². The van der Waals surface area contributed by atoms with Gasteiger partial charge in [-0.2, -0.15) is 0 Å². The first-order chi connectivity index (χ1) is 9.02. The molecule has 5 heteroatoms. The van der Waals surface area contributed by atoms with Crippen LogP contribution in [0.25, 0.3) is 0 Å². The standard InChI is InChI=1S/C14H21NO4/c1-4-17-13(16)12-6-5-11(18-12)7-14(3)9-15-8-10(2)19-14/h5-6,10,15H,4,7-9H2,1-3H3. The highest BCUT2D eigenvalue weighted by atomic mass is 16.5. The summed E-state index contributed by atoms with van der Waals surface area (Å²) >= 11 is 0. The van der Waals surface area contributed by atoms with E-state index >= 15 is 0 Å². The van der Waals surface area contributed by atoms with Crippen LogP contribution in [0.5, 0.6) is 0 Å². The van der Waals surface area contributed by atoms with Crippen LogP contribution in [-0.4, -0.2) is 37.4 Å². The molecule has 2 heterocycles. The van der Waals surface area contributed by atoms with E-state index in [-0.39, 0.29) is 17.5 Å². The lowest BCUT2D eigenvalue weighted by atomic mass is 9.98. The number of hydrogen-bond donors (Lipinski definition) is 1. The number of rotatable bonds is 4. The first kappa shape index (κ1) is 14.1. The van der Waals surface area contributed by atoms with Crippen LogP contribution >= 0.6 is 0 Å². The highest BCUT2D eigenvalue weighted by Gasteiger charge is 2.32. The molecule has 2 atom stereocenters. The lowest BCUT2D eigenvalue weighted by Crippen LogP contribution is -2.52. The van der Waals surface area contributed by atoms with Gasteiger partial charge in [0.15, 0.2) is 0 Å². The van der Waals surface area contributed by atoms with Gasteiger partial charge in [0.1, 0.15) is 5.76 Å². The lowest BCUT2D eigenvalue weighted by molar-refractivity contribution is -0.0986. The minimum Gasteiger partial charge on any atom is -0.460 e. The molecule has 106 valence electrons. The maximum atomic E-state index is 11.5. The first-order valence-electron chi connectivity index (χ1n) is 6.67. The second-order valence-corrected chi connectivity index (χ2v) is 5.17. The van der Waals surface area contributed by atoms with Gasteiger partial charge in [-0.3, -0.25) is 0 Å². The normalized spacial score (nSPS) is 27.2. The molecule has 0 radical (unpaired) electrons. The fourth-order valence-electron chi connectivity index (χ4n) is 2.37. The number of nitrogens with one attached hydrogen (secondary N) is 1. The van der Waals surface area contributed by atoms with E-state index in [9.17, 15) is 4.79 Å². The van der Waals surface area contributed by atoms with Crippen LogP contribution in [0, 0.1) is 0 Å². The van der Waals surface area contributed by atoms with E-state index in [1.165, 1.54) is 0 Å². The maximum absolute atomic E-state index is 11.5. The summed E-state index contributed by atoms with van der Waals surface area (Å²) in [5.74, 6) is 0.564. The Morgan fingerprint density at radius 2 is 2.37 bits per heavy atom. The number of hydrogen-bond acceptors (Lipinski definition) is 5. The fourth-order valence-corrected chi connectivity index (χ4v) is 2.37. The molecule has 0 aromatic carbocycles. The van der Waals surface area contributed by atoms with Gasteiger partial charge in [-0.1, -0.05) is 0 Å². The average Bonchev–Trinajstić information content (AvgIpc) is 2.76. The third-order valence-corrected chi connectivity index (χ3v) is 3.10. The Bertz CT molecular complexity index is 442. The van der Waals surface area contributed by atoms with Crippen molar-refractivity contribution in [2.24, 2.45) is 0 Å². The molecule has 1 aliphatic heterocycles. The van der Waals surface area contributed by atoms with Crippen LogP contribution in [0.4, 0.5) is 0 Å². The molecule has 0 amide bonds. The van der Waals surface area contributed by atoms with E-state index in [4.69, 9.17) is 13.9 Å². The Labute approximate surface area is 113 Å². The molecule has 1 saturated heterocycles. The highest BCUT2D eigenvalue weighted by Crippen LogP contribution is 2.23. The predicted molar refractivity (Wildman–Crippen MR) is 70.2 cm³/mol. The van der Waals surface area contributed by atoms with Crippen molar-refractivity contribution < 1.29 is 18.7 Å². The van der Waals surface area contributed by atoms with Crippen molar-refractivity contribution in [2.45, 2.75) is 38.9 Å². The smallest absolute Gasteiger partial charge is 0.374 e. The van der Waals surface area contributed by atoms with Crippen molar-refractivity contribution in [2.75, 3.05) is 19.7 Å². The number of esters is 1. The molecule has 1 aromatic rings. The quantitative estimate of drug-likeness (QED) is 0.842. The molecule has 0 aliphatic carbocycles. The maximum Gasteiger partial charge on any atom is 0.374 e. The van der Waals surface area contributed by atoms with E-state index in [2.05, 4.69) is 5.32 Å². The molecule has 2 rings (SSSR count). The van der Waals surface area contributed by atoms with E-state index < -0.39 is 5.97 Å². The minimum absolute atomic E-state index is 0.179. The molecule has 5 nitrogen and oxygen atoms in total. The van der Waals surface area contributed by atoms with Crippen LogP contribution < -0.4 is 5.32 Å². The Morgan fingerprint density at radius 3 is 3.05 bits per heavy atom. The summed E-state index contributed by atoms with van der Waals surface area (Å²) in [5.41, 5.74) is -0.304. The van der Waals surface area contributed by atoms with Crippen LogP contribution in [-0.2, 0) is 15.9 Å². The second kappa shape index (κ2) is 5.75. The van der Waals surface area contributed by atoms with Gasteiger partial charge in [0.05, 0.1) is 18.3 Å². The van der Waals surface area contributed by atoms with Gasteiger partial charge >= 0.3 is 5.97 Å². The monoisotopic (exact) mass is 267 g/mol. The van der Waals surface area contributed by atoms with E-state index in [0.29, 0.717) is 13.0 Å². The molecule has 19 heavy (non-hydrogen) atoms. The first-order valence-corrected chi connectivity index (χ1v) is 6.67. The highest BCUT2D eigenvalue weighted by molar-refractivity contribution is 5.86. The third-order valence-electron chi connectivity index (χ3n) is 3.10. The molecule has 1 N–H and O–H groups in total. The molecule has 0 bridgehead atoms. The Kier molecular flexibility index (Phi) is 4.27. The van der Waals surface area contributed by atoms with Gasteiger partial charge in [-0.15, -0.1) is 0 Å². The number of carbonyl (C=O) groups is 1. The van der Waals surface area contributed by atoms with Crippen molar-refractivity contribution in [3.63, 3.8) is 0 Å². The summed E-state index contributed by atoms with van der Waals surface area (Å²) in [6.45, 7) is 7.83. The Balaban J connectivity index is 2.01. The zero-order valence-corrected chi connectivity index (χ0v) is 11.7. The number of furan rings is 1. The summed E-state index contributed by atoms with van der Waals surface area (Å²) in [7, 11) is 0. The van der Waals surface area contributed by atoms with Gasteiger partial charge in [0.25, 0.3) is 0 Å². The number of morpholine rings is 1. The minimum atomic E-state index is -0.421. The lowest BCUT2D eigenvalue weighted by Gasteiger charge is -2.37. The van der Waals surface area contributed by atoms with Crippen LogP contribution in [0.1, 0.15) is 37.1 Å². The van der Waals surface area contributed by atoms with Gasteiger partial charge < -0.3 is 19.2 Å². The largest absolute Gasteiger partial charge is 0.460 e. The van der Waals surface area contributed by atoms with Crippen LogP contribution in [0.3, 0.4) is 0 Å². The van der Waals surface area contributed by atoms with E-state index in [0.717, 1.165) is 18.8 Å². The predicted octanol–water partition coefficient (Wildman–Crippen LogP) is 1.77. The fraction of sp³-hybridized carbons (Fsp3) is 0.643. The number of ether oxygens (including phenoxy) is 2. The molecule has 1 fully saturated rings. The molecule has 0 saturated carbocycles. The van der Waals surface area contributed by atoms with E-state index in [1.54, 1.807) is 19.1 Å². The van der Waals surface area contributed by atoms with Gasteiger partial charge in [-0.25, -0.2) is 4.79 Å². The van der Waals surface area contributed by atoms with E-state index in [1.807, 2.05) is 13.8 Å². The molecule has 1 aliphatic rings. The molecular weight excluding hydrogens is 246 g/mol.